The maximum Gasteiger partial charge on any atom is 0.137 e. The van der Waals surface area contributed by atoms with Gasteiger partial charge in [-0.15, -0.1) is 0 Å². The van der Waals surface area contributed by atoms with Gasteiger partial charge in [-0.25, -0.2) is 0 Å². The van der Waals surface area contributed by atoms with Crippen molar-refractivity contribution >= 4 is 0 Å². The van der Waals surface area contributed by atoms with Gasteiger partial charge in [-0.1, -0.05) is 12.1 Å². The summed E-state index contributed by atoms with van der Waals surface area (Å²) >= 11 is 0. The lowest BCUT2D eigenvalue weighted by molar-refractivity contribution is 0.310. The molecule has 0 saturated carbocycles. The summed E-state index contributed by atoms with van der Waals surface area (Å²) < 4.78 is 5.68. The van der Waals surface area contributed by atoms with Crippen molar-refractivity contribution < 1.29 is 9.84 Å². The summed E-state index contributed by atoms with van der Waals surface area (Å²) in [5, 5.41) is 16.2. The van der Waals surface area contributed by atoms with Crippen molar-refractivity contribution in [2.45, 2.75) is 12.8 Å². The van der Waals surface area contributed by atoms with Crippen molar-refractivity contribution in [1.29, 1.82) is 0 Å². The first-order chi connectivity index (χ1) is 10.8. The topological polar surface area (TPSA) is 71.0 Å². The Bertz CT molecular complexity index is 709. The fourth-order valence-electron chi connectivity index (χ4n) is 2.20. The number of nitrogens with zero attached hydrogens (tertiary/aromatic N) is 2. The highest BCUT2D eigenvalue weighted by molar-refractivity contribution is 5.53. The van der Waals surface area contributed by atoms with E-state index in [4.69, 9.17) is 4.74 Å². The summed E-state index contributed by atoms with van der Waals surface area (Å²) in [5.74, 6) is 1.05. The first kappa shape index (κ1) is 14.1. The maximum absolute atomic E-state index is 9.41. The summed E-state index contributed by atoms with van der Waals surface area (Å²) in [6.07, 6.45) is 5.16. The molecule has 2 N–H and O–H groups in total. The second kappa shape index (κ2) is 6.76. The number of hydrogen-bond donors (Lipinski definition) is 2. The van der Waals surface area contributed by atoms with Crippen molar-refractivity contribution in [3.8, 4) is 22.9 Å². The predicted octanol–water partition coefficient (Wildman–Crippen LogP) is 3.19. The molecule has 1 aromatic carbocycles. The van der Waals surface area contributed by atoms with Gasteiger partial charge in [-0.2, -0.15) is 5.10 Å². The number of aryl methyl sites for hydroxylation is 1. The van der Waals surface area contributed by atoms with Gasteiger partial charge in [0.05, 0.1) is 24.2 Å². The molecule has 2 heterocycles. The minimum absolute atomic E-state index is 0.303. The van der Waals surface area contributed by atoms with E-state index in [-0.39, 0.29) is 0 Å². The van der Waals surface area contributed by atoms with Gasteiger partial charge in [0.15, 0.2) is 0 Å². The van der Waals surface area contributed by atoms with E-state index in [9.17, 15) is 5.11 Å². The molecule has 0 aliphatic carbocycles. The highest BCUT2D eigenvalue weighted by Gasteiger charge is 2.01. The van der Waals surface area contributed by atoms with E-state index >= 15 is 0 Å². The van der Waals surface area contributed by atoms with Gasteiger partial charge in [0, 0.05) is 6.20 Å². The molecule has 0 unspecified atom stereocenters. The van der Waals surface area contributed by atoms with E-state index in [2.05, 4.69) is 15.2 Å². The SMILES string of the molecule is Oc1cccc(CCCOc2ccc(-c3ccn[nH]3)nc2)c1. The summed E-state index contributed by atoms with van der Waals surface area (Å²) in [6, 6.07) is 13.0. The lowest BCUT2D eigenvalue weighted by Gasteiger charge is -2.06. The summed E-state index contributed by atoms with van der Waals surface area (Å²) in [5.41, 5.74) is 2.83. The Morgan fingerprint density at radius 3 is 2.82 bits per heavy atom. The van der Waals surface area contributed by atoms with Crippen LogP contribution in [0.1, 0.15) is 12.0 Å². The minimum Gasteiger partial charge on any atom is -0.508 e. The Labute approximate surface area is 128 Å². The molecule has 5 heteroatoms. The van der Waals surface area contributed by atoms with E-state index in [1.807, 2.05) is 30.3 Å². The molecule has 0 saturated heterocycles. The molecule has 2 aromatic heterocycles. The fourth-order valence-corrected chi connectivity index (χ4v) is 2.20. The molecule has 0 aliphatic heterocycles. The third-order valence-electron chi connectivity index (χ3n) is 3.30. The molecule has 3 rings (SSSR count). The van der Waals surface area contributed by atoms with Crippen LogP contribution in [0.4, 0.5) is 0 Å². The Balaban J connectivity index is 1.48. The minimum atomic E-state index is 0.303. The van der Waals surface area contributed by atoms with Gasteiger partial charge in [-0.3, -0.25) is 10.1 Å². The van der Waals surface area contributed by atoms with Crippen LogP contribution >= 0.6 is 0 Å². The summed E-state index contributed by atoms with van der Waals surface area (Å²) in [4.78, 5) is 4.34. The number of pyridine rings is 1. The second-order valence-electron chi connectivity index (χ2n) is 4.97. The van der Waals surface area contributed by atoms with Crippen molar-refractivity contribution in [3.63, 3.8) is 0 Å². The van der Waals surface area contributed by atoms with Gasteiger partial charge in [0.25, 0.3) is 0 Å². The predicted molar refractivity (Wildman–Crippen MR) is 83.7 cm³/mol. The van der Waals surface area contributed by atoms with Crippen molar-refractivity contribution in [3.05, 3.63) is 60.4 Å². The molecular formula is C17H17N3O2. The monoisotopic (exact) mass is 295 g/mol. The number of aromatic nitrogens is 3. The van der Waals surface area contributed by atoms with Crippen LogP contribution in [-0.4, -0.2) is 26.9 Å². The molecule has 0 amide bonds. The number of phenols is 1. The highest BCUT2D eigenvalue weighted by Crippen LogP contribution is 2.17. The number of aromatic hydroxyl groups is 1. The van der Waals surface area contributed by atoms with Gasteiger partial charge < -0.3 is 9.84 Å². The largest absolute Gasteiger partial charge is 0.508 e. The van der Waals surface area contributed by atoms with Crippen LogP contribution in [0.2, 0.25) is 0 Å². The van der Waals surface area contributed by atoms with E-state index in [1.165, 1.54) is 0 Å². The van der Waals surface area contributed by atoms with E-state index < -0.39 is 0 Å². The highest BCUT2D eigenvalue weighted by atomic mass is 16.5. The van der Waals surface area contributed by atoms with E-state index in [1.54, 1.807) is 24.5 Å². The van der Waals surface area contributed by atoms with E-state index in [0.717, 1.165) is 35.5 Å². The van der Waals surface area contributed by atoms with Crippen molar-refractivity contribution in [1.82, 2.24) is 15.2 Å². The standard InChI is InChI=1S/C17H17N3O2/c21-14-5-1-3-13(11-14)4-2-10-22-15-6-7-16(18-12-15)17-8-9-19-20-17/h1,3,5-9,11-12,21H,2,4,10H2,(H,19,20). The average Bonchev–Trinajstić information content (AvgIpc) is 3.07. The fraction of sp³-hybridized carbons (Fsp3) is 0.176. The molecule has 0 aliphatic rings. The lowest BCUT2D eigenvalue weighted by atomic mass is 10.1. The normalized spacial score (nSPS) is 10.5. The second-order valence-corrected chi connectivity index (χ2v) is 4.97. The number of phenolic OH excluding ortho intramolecular Hbond substituents is 1. The lowest BCUT2D eigenvalue weighted by Crippen LogP contribution is -2.00. The molecule has 0 bridgehead atoms. The molecule has 3 aromatic rings. The first-order valence-corrected chi connectivity index (χ1v) is 7.18. The molecule has 0 radical (unpaired) electrons. The Kier molecular flexibility index (Phi) is 4.34. The van der Waals surface area contributed by atoms with Crippen LogP contribution in [0.25, 0.3) is 11.4 Å². The van der Waals surface area contributed by atoms with Crippen LogP contribution in [-0.2, 0) is 6.42 Å². The number of aromatic amines is 1. The quantitative estimate of drug-likeness (QED) is 0.685. The molecular weight excluding hydrogens is 278 g/mol. The number of benzene rings is 1. The molecule has 5 nitrogen and oxygen atoms in total. The molecule has 0 atom stereocenters. The third-order valence-corrected chi connectivity index (χ3v) is 3.30. The molecule has 112 valence electrons. The Hall–Kier alpha value is -2.82. The number of ether oxygens (including phenoxy) is 1. The summed E-state index contributed by atoms with van der Waals surface area (Å²) in [7, 11) is 0. The van der Waals surface area contributed by atoms with Gasteiger partial charge in [0.2, 0.25) is 0 Å². The zero-order valence-corrected chi connectivity index (χ0v) is 12.1. The van der Waals surface area contributed by atoms with Crippen LogP contribution in [0.3, 0.4) is 0 Å². The first-order valence-electron chi connectivity index (χ1n) is 7.18. The van der Waals surface area contributed by atoms with Gasteiger partial charge in [0.1, 0.15) is 11.5 Å². The average molecular weight is 295 g/mol. The maximum atomic E-state index is 9.41. The van der Waals surface area contributed by atoms with Gasteiger partial charge in [-0.05, 0) is 48.7 Å². The zero-order valence-electron chi connectivity index (χ0n) is 12.1. The van der Waals surface area contributed by atoms with Crippen molar-refractivity contribution in [2.24, 2.45) is 0 Å². The van der Waals surface area contributed by atoms with Crippen LogP contribution in [0, 0.1) is 0 Å². The Morgan fingerprint density at radius 1 is 1.14 bits per heavy atom. The number of hydrogen-bond acceptors (Lipinski definition) is 4. The van der Waals surface area contributed by atoms with Crippen LogP contribution < -0.4 is 4.74 Å². The smallest absolute Gasteiger partial charge is 0.137 e. The molecule has 22 heavy (non-hydrogen) atoms. The zero-order chi connectivity index (χ0) is 15.2. The Morgan fingerprint density at radius 2 is 2.09 bits per heavy atom. The van der Waals surface area contributed by atoms with E-state index in [0.29, 0.717) is 12.4 Å². The number of rotatable bonds is 6. The van der Waals surface area contributed by atoms with Crippen LogP contribution in [0.5, 0.6) is 11.5 Å². The molecule has 0 fully saturated rings. The van der Waals surface area contributed by atoms with Crippen LogP contribution in [0.15, 0.2) is 54.9 Å². The number of H-pyrrole nitrogens is 1. The number of nitrogens with one attached hydrogen (secondary N) is 1. The van der Waals surface area contributed by atoms with Crippen molar-refractivity contribution in [2.75, 3.05) is 6.61 Å². The summed E-state index contributed by atoms with van der Waals surface area (Å²) in [6.45, 7) is 0.612. The third kappa shape index (κ3) is 3.63. The van der Waals surface area contributed by atoms with Gasteiger partial charge >= 0.3 is 0 Å². The molecule has 0 spiro atoms.